The van der Waals surface area contributed by atoms with Crippen molar-refractivity contribution in [2.24, 2.45) is 5.10 Å². The van der Waals surface area contributed by atoms with Crippen LogP contribution in [0.25, 0.3) is 0 Å². The lowest BCUT2D eigenvalue weighted by Crippen LogP contribution is -2.17. The lowest BCUT2D eigenvalue weighted by Gasteiger charge is -2.05. The second-order valence-corrected chi connectivity index (χ2v) is 4.35. The minimum absolute atomic E-state index is 0.151. The normalized spacial score (nSPS) is 10.8. The highest BCUT2D eigenvalue weighted by molar-refractivity contribution is 6.48. The number of hydrazone groups is 1. The van der Waals surface area contributed by atoms with Crippen molar-refractivity contribution in [2.45, 2.75) is 6.92 Å². The number of benzene rings is 1. The summed E-state index contributed by atoms with van der Waals surface area (Å²) in [5.41, 5.74) is 2.45. The predicted molar refractivity (Wildman–Crippen MR) is 74.8 cm³/mol. The fourth-order valence-corrected chi connectivity index (χ4v) is 1.65. The summed E-state index contributed by atoms with van der Waals surface area (Å²) < 4.78 is 4.64. The van der Waals surface area contributed by atoms with Crippen LogP contribution in [0.4, 0.5) is 5.69 Å². The predicted octanol–water partition coefficient (Wildman–Crippen LogP) is 3.50. The highest BCUT2D eigenvalue weighted by Crippen LogP contribution is 2.33. The number of anilines is 1. The average molecular weight is 321 g/mol. The van der Waals surface area contributed by atoms with Crippen LogP contribution in [0.15, 0.2) is 17.2 Å². The average Bonchev–Trinajstić information content (AvgIpc) is 2.37. The van der Waals surface area contributed by atoms with E-state index in [0.717, 1.165) is 0 Å². The van der Waals surface area contributed by atoms with E-state index in [4.69, 9.17) is 40.1 Å². The Morgan fingerprint density at radius 3 is 2.47 bits per heavy atom. The van der Waals surface area contributed by atoms with E-state index in [-0.39, 0.29) is 21.7 Å². The van der Waals surface area contributed by atoms with E-state index in [1.807, 2.05) is 0 Å². The van der Waals surface area contributed by atoms with Crippen molar-refractivity contribution in [1.82, 2.24) is 0 Å². The monoisotopic (exact) mass is 319 g/mol. The van der Waals surface area contributed by atoms with Gasteiger partial charge >= 0.3 is 5.97 Å². The van der Waals surface area contributed by atoms with E-state index >= 15 is 0 Å². The molecule has 0 saturated carbocycles. The summed E-state index contributed by atoms with van der Waals surface area (Å²) >= 11 is 17.4. The molecule has 1 N–H and O–H groups in total. The minimum Gasteiger partial charge on any atom is -0.461 e. The summed E-state index contributed by atoms with van der Waals surface area (Å²) in [6.45, 7) is 1.77. The molecule has 1 rings (SSSR count). The molecular formula is C11H8Cl3N3O2. The number of hydrogen-bond donors (Lipinski definition) is 1. The van der Waals surface area contributed by atoms with Gasteiger partial charge in [-0.2, -0.15) is 10.4 Å². The Labute approximate surface area is 124 Å². The summed E-state index contributed by atoms with van der Waals surface area (Å²) in [5, 5.41) is 13.0. The van der Waals surface area contributed by atoms with Gasteiger partial charge in [0.05, 0.1) is 27.4 Å². The molecule has 1 aromatic carbocycles. The molecule has 19 heavy (non-hydrogen) atoms. The van der Waals surface area contributed by atoms with E-state index in [9.17, 15) is 4.79 Å². The van der Waals surface area contributed by atoms with E-state index in [1.165, 1.54) is 12.1 Å². The number of nitrogens with zero attached hydrogens (tertiary/aromatic N) is 2. The lowest BCUT2D eigenvalue weighted by molar-refractivity contribution is -0.134. The summed E-state index contributed by atoms with van der Waals surface area (Å²) in [4.78, 5) is 11.3. The number of carbonyl (C=O) groups excluding carboxylic acids is 1. The van der Waals surface area contributed by atoms with E-state index < -0.39 is 11.7 Å². The third-order valence-corrected chi connectivity index (χ3v) is 3.05. The highest BCUT2D eigenvalue weighted by atomic mass is 35.5. The number of nitriles is 1. The van der Waals surface area contributed by atoms with Crippen molar-refractivity contribution < 1.29 is 9.53 Å². The van der Waals surface area contributed by atoms with Crippen molar-refractivity contribution in [2.75, 3.05) is 12.0 Å². The minimum atomic E-state index is -0.816. The second-order valence-electron chi connectivity index (χ2n) is 3.16. The van der Waals surface area contributed by atoms with Crippen LogP contribution in [0.3, 0.4) is 0 Å². The molecule has 8 heteroatoms. The molecule has 0 unspecified atom stereocenters. The number of hydrogen-bond acceptors (Lipinski definition) is 5. The first kappa shape index (κ1) is 15.6. The van der Waals surface area contributed by atoms with Gasteiger partial charge in [0.15, 0.2) is 0 Å². The zero-order valence-corrected chi connectivity index (χ0v) is 12.0. The van der Waals surface area contributed by atoms with Gasteiger partial charge in [-0.3, -0.25) is 5.43 Å². The number of rotatable bonds is 4. The van der Waals surface area contributed by atoms with Crippen molar-refractivity contribution in [3.63, 3.8) is 0 Å². The van der Waals surface area contributed by atoms with Crippen LogP contribution in [0.1, 0.15) is 6.92 Å². The Kier molecular flexibility index (Phi) is 5.90. The Hall–Kier alpha value is -1.48. The van der Waals surface area contributed by atoms with Crippen molar-refractivity contribution in [3.8, 4) is 6.07 Å². The molecule has 0 amide bonds. The van der Waals surface area contributed by atoms with Gasteiger partial charge in [-0.25, -0.2) is 4.79 Å². The molecule has 0 aliphatic heterocycles. The number of nitrogens with one attached hydrogen (secondary N) is 1. The van der Waals surface area contributed by atoms with Gasteiger partial charge in [-0.05, 0) is 19.1 Å². The first-order valence-electron chi connectivity index (χ1n) is 5.05. The molecule has 0 fully saturated rings. The largest absolute Gasteiger partial charge is 0.461 e. The van der Waals surface area contributed by atoms with Crippen LogP contribution in [0, 0.1) is 11.3 Å². The fourth-order valence-electron chi connectivity index (χ4n) is 1.06. The molecule has 0 aliphatic carbocycles. The maximum Gasteiger partial charge on any atom is 0.369 e. The van der Waals surface area contributed by atoms with Crippen molar-refractivity contribution in [3.05, 3.63) is 27.2 Å². The molecule has 0 saturated heterocycles. The number of halogens is 3. The molecular weight excluding hydrogens is 312 g/mol. The topological polar surface area (TPSA) is 74.5 Å². The SMILES string of the molecule is CCOC(=O)/C(C#N)=N/Nc1cc(Cl)c(Cl)c(Cl)c1. The van der Waals surface area contributed by atoms with Gasteiger partial charge in [-0.1, -0.05) is 34.8 Å². The molecule has 0 spiro atoms. The zero-order chi connectivity index (χ0) is 14.4. The molecule has 0 bridgehead atoms. The highest BCUT2D eigenvalue weighted by Gasteiger charge is 2.12. The first-order valence-corrected chi connectivity index (χ1v) is 6.18. The number of esters is 1. The Morgan fingerprint density at radius 2 is 2.00 bits per heavy atom. The quantitative estimate of drug-likeness (QED) is 0.399. The van der Waals surface area contributed by atoms with Gasteiger partial charge in [0.25, 0.3) is 0 Å². The van der Waals surface area contributed by atoms with Crippen LogP contribution < -0.4 is 5.43 Å². The van der Waals surface area contributed by atoms with Crippen molar-refractivity contribution >= 4 is 52.2 Å². The van der Waals surface area contributed by atoms with Crippen LogP contribution in [-0.2, 0) is 9.53 Å². The molecule has 100 valence electrons. The molecule has 0 atom stereocenters. The summed E-state index contributed by atoms with van der Waals surface area (Å²) in [7, 11) is 0. The standard InChI is InChI=1S/C11H8Cl3N3O2/c1-2-19-11(18)9(5-15)17-16-6-3-7(12)10(14)8(13)4-6/h3-4,16H,2H2,1H3/b17-9+. The van der Waals surface area contributed by atoms with E-state index in [2.05, 4.69) is 15.3 Å². The summed E-state index contributed by atoms with van der Waals surface area (Å²) in [6.07, 6.45) is 0. The smallest absolute Gasteiger partial charge is 0.369 e. The van der Waals surface area contributed by atoms with Gasteiger partial charge in [-0.15, -0.1) is 0 Å². The zero-order valence-electron chi connectivity index (χ0n) is 9.71. The number of carbonyl (C=O) groups is 1. The fraction of sp³-hybridized carbons (Fsp3) is 0.182. The molecule has 0 radical (unpaired) electrons. The summed E-state index contributed by atoms with van der Waals surface area (Å²) in [5.74, 6) is -0.816. The second kappa shape index (κ2) is 7.19. The summed E-state index contributed by atoms with van der Waals surface area (Å²) in [6, 6.07) is 4.53. The maximum atomic E-state index is 11.3. The van der Waals surface area contributed by atoms with E-state index in [0.29, 0.717) is 5.69 Å². The van der Waals surface area contributed by atoms with Crippen LogP contribution >= 0.6 is 34.8 Å². The third-order valence-electron chi connectivity index (χ3n) is 1.86. The van der Waals surface area contributed by atoms with Gasteiger partial charge in [0, 0.05) is 0 Å². The first-order chi connectivity index (χ1) is 8.99. The van der Waals surface area contributed by atoms with Gasteiger partial charge in [0.1, 0.15) is 6.07 Å². The van der Waals surface area contributed by atoms with Gasteiger partial charge < -0.3 is 4.74 Å². The molecule has 5 nitrogen and oxygen atoms in total. The van der Waals surface area contributed by atoms with E-state index in [1.54, 1.807) is 13.0 Å². The van der Waals surface area contributed by atoms with Gasteiger partial charge in [0.2, 0.25) is 5.71 Å². The Bertz CT molecular complexity index is 544. The van der Waals surface area contributed by atoms with Crippen molar-refractivity contribution in [1.29, 1.82) is 5.26 Å². The van der Waals surface area contributed by atoms with Crippen LogP contribution in [0.2, 0.25) is 15.1 Å². The molecule has 1 aromatic rings. The molecule has 0 aliphatic rings. The number of ether oxygens (including phenoxy) is 1. The molecule has 0 aromatic heterocycles. The lowest BCUT2D eigenvalue weighted by atomic mass is 10.3. The van der Waals surface area contributed by atoms with Crippen LogP contribution in [-0.4, -0.2) is 18.3 Å². The molecule has 0 heterocycles. The maximum absolute atomic E-state index is 11.3. The Morgan fingerprint density at radius 1 is 1.42 bits per heavy atom. The Balaban J connectivity index is 2.91. The van der Waals surface area contributed by atoms with Crippen LogP contribution in [0.5, 0.6) is 0 Å². The third kappa shape index (κ3) is 4.28.